The van der Waals surface area contributed by atoms with Crippen molar-refractivity contribution in [1.82, 2.24) is 0 Å². The third-order valence-corrected chi connectivity index (χ3v) is 2.12. The number of hydrogen-bond donors (Lipinski definition) is 0. The van der Waals surface area contributed by atoms with Crippen LogP contribution in [0.2, 0.25) is 0 Å². The number of nitrogens with zero attached hydrogens (tertiary/aromatic N) is 2. The minimum atomic E-state index is -2.30. The van der Waals surface area contributed by atoms with Gasteiger partial charge < -0.3 is 0 Å². The van der Waals surface area contributed by atoms with Crippen LogP contribution in [0, 0.1) is 22.7 Å². The maximum absolute atomic E-state index is 13.3. The van der Waals surface area contributed by atoms with E-state index in [1.54, 1.807) is 12.1 Å². The topological polar surface area (TPSA) is 81.7 Å². The highest BCUT2D eigenvalue weighted by Crippen LogP contribution is 2.15. The maximum atomic E-state index is 13.3. The minimum absolute atomic E-state index is 0.0575. The number of Topliss-reactive ketones (excluding diaryl/α,β-unsaturated/α-hetero) is 2. The molecule has 4 nitrogen and oxygen atoms in total. The van der Waals surface area contributed by atoms with E-state index < -0.39 is 17.7 Å². The first-order valence-corrected chi connectivity index (χ1v) is 4.64. The van der Waals surface area contributed by atoms with Gasteiger partial charge in [0.1, 0.15) is 0 Å². The first-order chi connectivity index (χ1) is 8.01. The van der Waals surface area contributed by atoms with Crippen molar-refractivity contribution in [3.05, 3.63) is 34.9 Å². The molecule has 0 spiro atoms. The maximum Gasteiger partial charge on any atom is 0.220 e. The van der Waals surface area contributed by atoms with Crippen molar-refractivity contribution >= 4 is 11.6 Å². The van der Waals surface area contributed by atoms with Gasteiger partial charge in [-0.2, -0.15) is 10.5 Å². The summed E-state index contributed by atoms with van der Waals surface area (Å²) >= 11 is 0. The molecule has 0 aliphatic heterocycles. The summed E-state index contributed by atoms with van der Waals surface area (Å²) in [5.41, 5.74) is -0.171. The van der Waals surface area contributed by atoms with Gasteiger partial charge in [0, 0.05) is 5.56 Å². The summed E-state index contributed by atoms with van der Waals surface area (Å²) in [4.78, 5) is 22.3. The van der Waals surface area contributed by atoms with E-state index in [0.29, 0.717) is 0 Å². The average molecular weight is 230 g/mol. The number of ketones is 2. The number of benzene rings is 1. The van der Waals surface area contributed by atoms with Gasteiger partial charge >= 0.3 is 0 Å². The van der Waals surface area contributed by atoms with Crippen LogP contribution in [0.4, 0.5) is 4.39 Å². The van der Waals surface area contributed by atoms with Gasteiger partial charge in [0.25, 0.3) is 0 Å². The standard InChI is InChI=1S/C12H7FN2O2/c1-7(16)11(13)12(17)10-4-8(5-14)2-3-9(10)6-15/h2-4,11H,1H3. The van der Waals surface area contributed by atoms with Crippen LogP contribution in [-0.4, -0.2) is 17.7 Å². The summed E-state index contributed by atoms with van der Waals surface area (Å²) in [6, 6.07) is 7.19. The normalized spacial score (nSPS) is 11.1. The zero-order chi connectivity index (χ0) is 13.0. The third-order valence-electron chi connectivity index (χ3n) is 2.12. The predicted octanol–water partition coefficient (Wildman–Crippen LogP) is 1.54. The Bertz CT molecular complexity index is 567. The Hall–Kier alpha value is -2.53. The average Bonchev–Trinajstić information content (AvgIpc) is 2.35. The number of carbonyl (C=O) groups is 2. The van der Waals surface area contributed by atoms with Crippen LogP contribution in [0.25, 0.3) is 0 Å². The smallest absolute Gasteiger partial charge is 0.220 e. The Morgan fingerprint density at radius 3 is 2.41 bits per heavy atom. The molecule has 84 valence electrons. The lowest BCUT2D eigenvalue weighted by Crippen LogP contribution is -2.24. The van der Waals surface area contributed by atoms with Gasteiger partial charge in [0.05, 0.1) is 23.3 Å². The van der Waals surface area contributed by atoms with Crippen molar-refractivity contribution in [1.29, 1.82) is 10.5 Å². The van der Waals surface area contributed by atoms with Crippen LogP contribution in [-0.2, 0) is 4.79 Å². The van der Waals surface area contributed by atoms with Gasteiger partial charge in [-0.3, -0.25) is 9.59 Å². The molecule has 0 aromatic heterocycles. The number of nitriles is 2. The van der Waals surface area contributed by atoms with Crippen molar-refractivity contribution in [3.63, 3.8) is 0 Å². The molecule has 0 saturated heterocycles. The van der Waals surface area contributed by atoms with Crippen LogP contribution in [0.3, 0.4) is 0 Å². The second kappa shape index (κ2) is 5.00. The predicted molar refractivity (Wildman–Crippen MR) is 55.8 cm³/mol. The van der Waals surface area contributed by atoms with Crippen molar-refractivity contribution < 1.29 is 14.0 Å². The summed E-state index contributed by atoms with van der Waals surface area (Å²) in [6.07, 6.45) is -2.30. The molecule has 0 bridgehead atoms. The first-order valence-electron chi connectivity index (χ1n) is 4.64. The second-order valence-corrected chi connectivity index (χ2v) is 3.32. The van der Waals surface area contributed by atoms with E-state index >= 15 is 0 Å². The molecular formula is C12H7FN2O2. The fourth-order valence-electron chi connectivity index (χ4n) is 1.24. The number of carbonyl (C=O) groups excluding carboxylic acids is 2. The molecule has 1 atom stereocenters. The van der Waals surface area contributed by atoms with E-state index in [-0.39, 0.29) is 16.7 Å². The molecule has 1 aromatic rings. The highest BCUT2D eigenvalue weighted by Gasteiger charge is 2.26. The summed E-state index contributed by atoms with van der Waals surface area (Å²) in [7, 11) is 0. The Balaban J connectivity index is 3.30. The van der Waals surface area contributed by atoms with Crippen LogP contribution in [0.5, 0.6) is 0 Å². The molecule has 0 saturated carbocycles. The summed E-state index contributed by atoms with van der Waals surface area (Å²) in [5, 5.41) is 17.4. The number of hydrogen-bond acceptors (Lipinski definition) is 4. The van der Waals surface area contributed by atoms with Gasteiger partial charge in [-0.15, -0.1) is 0 Å². The van der Waals surface area contributed by atoms with Crippen molar-refractivity contribution in [2.24, 2.45) is 0 Å². The minimum Gasteiger partial charge on any atom is -0.296 e. The van der Waals surface area contributed by atoms with Gasteiger partial charge in [0.15, 0.2) is 5.78 Å². The molecule has 0 amide bonds. The molecule has 0 aliphatic carbocycles. The van der Waals surface area contributed by atoms with Gasteiger partial charge in [0.2, 0.25) is 12.0 Å². The first kappa shape index (κ1) is 12.5. The summed E-state index contributed by atoms with van der Waals surface area (Å²) in [5.74, 6) is -2.02. The van der Waals surface area contributed by atoms with Crippen LogP contribution in [0.1, 0.15) is 28.4 Å². The highest BCUT2D eigenvalue weighted by molar-refractivity contribution is 6.13. The zero-order valence-electron chi connectivity index (χ0n) is 8.90. The number of halogens is 1. The van der Waals surface area contributed by atoms with E-state index in [9.17, 15) is 14.0 Å². The lowest BCUT2D eigenvalue weighted by atomic mass is 9.98. The number of rotatable bonds is 3. The highest BCUT2D eigenvalue weighted by atomic mass is 19.1. The van der Waals surface area contributed by atoms with E-state index in [1.807, 2.05) is 0 Å². The molecule has 0 fully saturated rings. The molecule has 1 unspecified atom stereocenters. The lowest BCUT2D eigenvalue weighted by Gasteiger charge is -2.05. The Kier molecular flexibility index (Phi) is 3.69. The van der Waals surface area contributed by atoms with Crippen LogP contribution >= 0.6 is 0 Å². The molecule has 0 heterocycles. The monoisotopic (exact) mass is 230 g/mol. The molecule has 0 radical (unpaired) electrons. The Labute approximate surface area is 96.9 Å². The molecule has 1 aromatic carbocycles. The van der Waals surface area contributed by atoms with E-state index in [0.717, 1.165) is 13.0 Å². The van der Waals surface area contributed by atoms with Gasteiger partial charge in [-0.05, 0) is 25.1 Å². The molecule has 17 heavy (non-hydrogen) atoms. The fourth-order valence-corrected chi connectivity index (χ4v) is 1.24. The third kappa shape index (κ3) is 2.53. The second-order valence-electron chi connectivity index (χ2n) is 3.32. The summed E-state index contributed by atoms with van der Waals surface area (Å²) in [6.45, 7) is 0.947. The van der Waals surface area contributed by atoms with Crippen LogP contribution < -0.4 is 0 Å². The molecular weight excluding hydrogens is 223 g/mol. The SMILES string of the molecule is CC(=O)C(F)C(=O)c1cc(C#N)ccc1C#N. The quantitative estimate of drug-likeness (QED) is 0.582. The van der Waals surface area contributed by atoms with E-state index in [2.05, 4.69) is 0 Å². The van der Waals surface area contributed by atoms with Gasteiger partial charge in [-0.25, -0.2) is 4.39 Å². The van der Waals surface area contributed by atoms with Crippen molar-refractivity contribution in [2.45, 2.75) is 13.1 Å². The Morgan fingerprint density at radius 2 is 1.94 bits per heavy atom. The molecule has 1 rings (SSSR count). The van der Waals surface area contributed by atoms with E-state index in [1.165, 1.54) is 12.1 Å². The molecule has 0 aliphatic rings. The lowest BCUT2D eigenvalue weighted by molar-refractivity contribution is -0.120. The number of alkyl halides is 1. The molecule has 5 heteroatoms. The molecule has 0 N–H and O–H groups in total. The zero-order valence-corrected chi connectivity index (χ0v) is 8.90. The Morgan fingerprint density at radius 1 is 1.29 bits per heavy atom. The van der Waals surface area contributed by atoms with Crippen molar-refractivity contribution in [2.75, 3.05) is 0 Å². The summed E-state index contributed by atoms with van der Waals surface area (Å²) < 4.78 is 13.3. The van der Waals surface area contributed by atoms with Crippen molar-refractivity contribution in [3.8, 4) is 12.1 Å². The fraction of sp³-hybridized carbons (Fsp3) is 0.167. The van der Waals surface area contributed by atoms with E-state index in [4.69, 9.17) is 10.5 Å². The largest absolute Gasteiger partial charge is 0.296 e. The van der Waals surface area contributed by atoms with Gasteiger partial charge in [-0.1, -0.05) is 0 Å². The van der Waals surface area contributed by atoms with Crippen LogP contribution in [0.15, 0.2) is 18.2 Å².